The molecule has 4 aromatic rings. The van der Waals surface area contributed by atoms with Crippen molar-refractivity contribution in [3.8, 4) is 11.1 Å². The number of halogens is 3. The molecule has 2 aromatic heterocycles. The van der Waals surface area contributed by atoms with Crippen molar-refractivity contribution >= 4 is 22.8 Å². The van der Waals surface area contributed by atoms with E-state index in [1.807, 2.05) is 12.1 Å². The molecule has 180 valence electrons. The smallest absolute Gasteiger partial charge is 0.372 e. The van der Waals surface area contributed by atoms with Crippen molar-refractivity contribution in [2.45, 2.75) is 26.9 Å². The zero-order valence-corrected chi connectivity index (χ0v) is 19.7. The van der Waals surface area contributed by atoms with Crippen molar-refractivity contribution in [3.05, 3.63) is 95.3 Å². The maximum Gasteiger partial charge on any atom is 0.416 e. The fourth-order valence-electron chi connectivity index (χ4n) is 4.23. The van der Waals surface area contributed by atoms with Crippen LogP contribution in [0.3, 0.4) is 0 Å². The van der Waals surface area contributed by atoms with Gasteiger partial charge in [-0.2, -0.15) is 13.2 Å². The quantitative estimate of drug-likeness (QED) is 0.271. The first kappa shape index (κ1) is 24.3. The number of aromatic nitrogens is 1. The Hall–Kier alpha value is -3.87. The van der Waals surface area contributed by atoms with Gasteiger partial charge in [-0.1, -0.05) is 24.3 Å². The molecule has 0 saturated heterocycles. The van der Waals surface area contributed by atoms with Gasteiger partial charge in [0, 0.05) is 41.7 Å². The Labute approximate surface area is 201 Å². The summed E-state index contributed by atoms with van der Waals surface area (Å²) in [5.74, 6) is -0.404. The number of hydrogen-bond acceptors (Lipinski definition) is 3. The number of pyridine rings is 1. The molecule has 0 bridgehead atoms. The Morgan fingerprint density at radius 2 is 1.46 bits per heavy atom. The van der Waals surface area contributed by atoms with Gasteiger partial charge in [-0.25, -0.2) is 0 Å². The second-order valence-electron chi connectivity index (χ2n) is 8.29. The van der Waals surface area contributed by atoms with Crippen LogP contribution in [-0.2, 0) is 6.18 Å². The van der Waals surface area contributed by atoms with Gasteiger partial charge in [0.1, 0.15) is 0 Å². The van der Waals surface area contributed by atoms with E-state index >= 15 is 0 Å². The van der Waals surface area contributed by atoms with Gasteiger partial charge < -0.3 is 9.30 Å². The van der Waals surface area contributed by atoms with Gasteiger partial charge in [-0.15, -0.1) is 0 Å². The summed E-state index contributed by atoms with van der Waals surface area (Å²) in [6.45, 7) is 7.21. The van der Waals surface area contributed by atoms with Crippen molar-refractivity contribution in [3.63, 3.8) is 0 Å². The van der Waals surface area contributed by atoms with Gasteiger partial charge in [0.25, 0.3) is 0 Å². The van der Waals surface area contributed by atoms with E-state index in [1.165, 1.54) is 17.5 Å². The number of carbonyl (C=O) groups excluding carboxylic acids is 2. The molecule has 0 N–H and O–H groups in total. The number of anilines is 1. The number of ketones is 2. The highest BCUT2D eigenvalue weighted by molar-refractivity contribution is 6.10. The first-order valence-corrected chi connectivity index (χ1v) is 11.4. The fraction of sp³-hybridized carbons (Fsp3) is 0.214. The number of Topliss-reactive ketones (excluding diaryl/α,β-unsaturated/α-hetero) is 1. The maximum absolute atomic E-state index is 13.5. The van der Waals surface area contributed by atoms with Gasteiger partial charge in [0.05, 0.1) is 16.8 Å². The molecule has 2 heterocycles. The Kier molecular flexibility index (Phi) is 6.52. The van der Waals surface area contributed by atoms with Crippen LogP contribution in [0.25, 0.3) is 16.6 Å². The minimum atomic E-state index is -4.52. The number of hydrogen-bond donors (Lipinski definition) is 0. The highest BCUT2D eigenvalue weighted by Crippen LogP contribution is 2.35. The molecule has 0 aliphatic carbocycles. The van der Waals surface area contributed by atoms with E-state index in [2.05, 4.69) is 18.7 Å². The summed E-state index contributed by atoms with van der Waals surface area (Å²) >= 11 is 0. The summed E-state index contributed by atoms with van der Waals surface area (Å²) in [4.78, 5) is 27.2. The van der Waals surface area contributed by atoms with Gasteiger partial charge in [0.2, 0.25) is 5.78 Å². The molecular weight excluding hydrogens is 453 g/mol. The SMILES string of the molecule is CCN(CC)c1ccc(C(=O)c2cc(-c3ccc(C(C)=O)cc3)c3cc(C(F)(F)F)ccn23)cc1. The van der Waals surface area contributed by atoms with E-state index in [4.69, 9.17) is 0 Å². The Balaban J connectivity index is 1.83. The summed E-state index contributed by atoms with van der Waals surface area (Å²) in [7, 11) is 0. The molecule has 0 spiro atoms. The minimum absolute atomic E-state index is 0.110. The monoisotopic (exact) mass is 478 g/mol. The van der Waals surface area contributed by atoms with Crippen LogP contribution in [0.1, 0.15) is 52.7 Å². The second-order valence-corrected chi connectivity index (χ2v) is 8.29. The Bertz CT molecular complexity index is 1380. The summed E-state index contributed by atoms with van der Waals surface area (Å²) in [5.41, 5.74) is 2.75. The van der Waals surface area contributed by atoms with Gasteiger partial charge >= 0.3 is 6.18 Å². The topological polar surface area (TPSA) is 41.8 Å². The first-order chi connectivity index (χ1) is 16.6. The third-order valence-corrected chi connectivity index (χ3v) is 6.19. The largest absolute Gasteiger partial charge is 0.416 e. The Morgan fingerprint density at radius 3 is 2.00 bits per heavy atom. The molecule has 4 nitrogen and oxygen atoms in total. The van der Waals surface area contributed by atoms with E-state index in [1.54, 1.807) is 42.5 Å². The summed E-state index contributed by atoms with van der Waals surface area (Å²) in [6, 6.07) is 17.5. The molecular formula is C28H25F3N2O2. The number of rotatable bonds is 7. The zero-order chi connectivity index (χ0) is 25.3. The summed E-state index contributed by atoms with van der Waals surface area (Å²) < 4.78 is 41.9. The van der Waals surface area contributed by atoms with Crippen LogP contribution in [-0.4, -0.2) is 29.1 Å². The molecule has 0 unspecified atom stereocenters. The highest BCUT2D eigenvalue weighted by Gasteiger charge is 2.31. The van der Waals surface area contributed by atoms with Crippen LogP contribution in [0.15, 0.2) is 72.9 Å². The van der Waals surface area contributed by atoms with Gasteiger partial charge in [-0.05, 0) is 68.8 Å². The van der Waals surface area contributed by atoms with Crippen LogP contribution < -0.4 is 4.90 Å². The van der Waals surface area contributed by atoms with Crippen LogP contribution in [0.5, 0.6) is 0 Å². The Morgan fingerprint density at radius 1 is 0.857 bits per heavy atom. The average Bonchev–Trinajstić information content (AvgIpc) is 3.23. The molecule has 35 heavy (non-hydrogen) atoms. The van der Waals surface area contributed by atoms with Crippen molar-refractivity contribution in [2.75, 3.05) is 18.0 Å². The summed E-state index contributed by atoms with van der Waals surface area (Å²) in [6.07, 6.45) is -3.24. The van der Waals surface area contributed by atoms with Crippen molar-refractivity contribution in [1.82, 2.24) is 4.40 Å². The molecule has 0 atom stereocenters. The van der Waals surface area contributed by atoms with Crippen LogP contribution in [0.4, 0.5) is 18.9 Å². The van der Waals surface area contributed by atoms with Crippen LogP contribution >= 0.6 is 0 Å². The van der Waals surface area contributed by atoms with E-state index in [9.17, 15) is 22.8 Å². The lowest BCUT2D eigenvalue weighted by Crippen LogP contribution is -2.21. The van der Waals surface area contributed by atoms with E-state index < -0.39 is 11.7 Å². The molecule has 7 heteroatoms. The molecule has 0 amide bonds. The minimum Gasteiger partial charge on any atom is -0.372 e. The first-order valence-electron chi connectivity index (χ1n) is 11.4. The zero-order valence-electron chi connectivity index (χ0n) is 19.7. The third kappa shape index (κ3) is 4.71. The fourth-order valence-corrected chi connectivity index (χ4v) is 4.23. The lowest BCUT2D eigenvalue weighted by molar-refractivity contribution is -0.137. The normalized spacial score (nSPS) is 11.6. The maximum atomic E-state index is 13.5. The van der Waals surface area contributed by atoms with Crippen LogP contribution in [0.2, 0.25) is 0 Å². The van der Waals surface area contributed by atoms with E-state index in [0.717, 1.165) is 30.9 Å². The number of fused-ring (bicyclic) bond motifs is 1. The van der Waals surface area contributed by atoms with E-state index in [0.29, 0.717) is 22.3 Å². The molecule has 0 radical (unpaired) electrons. The molecule has 0 aliphatic heterocycles. The standard InChI is InChI=1S/C28H25F3N2O2/c1-4-32(5-2)23-12-10-21(11-13-23)27(35)26-17-24(20-8-6-19(7-9-20)18(3)34)25-16-22(28(29,30)31)14-15-33(25)26/h6-17H,4-5H2,1-3H3. The second kappa shape index (κ2) is 9.41. The van der Waals surface area contributed by atoms with Crippen molar-refractivity contribution in [2.24, 2.45) is 0 Å². The number of carbonyl (C=O) groups is 2. The number of nitrogens with zero attached hydrogens (tertiary/aromatic N) is 2. The van der Waals surface area contributed by atoms with Crippen LogP contribution in [0, 0.1) is 0 Å². The van der Waals surface area contributed by atoms with Crippen molar-refractivity contribution < 1.29 is 22.8 Å². The highest BCUT2D eigenvalue weighted by atomic mass is 19.4. The predicted molar refractivity (Wildman–Crippen MR) is 131 cm³/mol. The lowest BCUT2D eigenvalue weighted by Gasteiger charge is -2.21. The average molecular weight is 479 g/mol. The number of alkyl halides is 3. The lowest BCUT2D eigenvalue weighted by atomic mass is 10.0. The molecule has 0 aliphatic rings. The molecule has 4 rings (SSSR count). The molecule has 0 saturated carbocycles. The van der Waals surface area contributed by atoms with Gasteiger partial charge in [0.15, 0.2) is 5.78 Å². The molecule has 2 aromatic carbocycles. The summed E-state index contributed by atoms with van der Waals surface area (Å²) in [5, 5.41) is 0. The van der Waals surface area contributed by atoms with Gasteiger partial charge in [-0.3, -0.25) is 9.59 Å². The molecule has 0 fully saturated rings. The van der Waals surface area contributed by atoms with E-state index in [-0.39, 0.29) is 22.8 Å². The number of benzene rings is 2. The predicted octanol–water partition coefficient (Wildman–Crippen LogP) is 6.90. The van der Waals surface area contributed by atoms with Crippen molar-refractivity contribution in [1.29, 1.82) is 0 Å². The third-order valence-electron chi connectivity index (χ3n) is 6.19.